The Morgan fingerprint density at radius 2 is 1.94 bits per heavy atom. The average molecular weight is 253 g/mol. The van der Waals surface area contributed by atoms with Crippen molar-refractivity contribution in [2.75, 3.05) is 25.6 Å². The van der Waals surface area contributed by atoms with Gasteiger partial charge in [0.15, 0.2) is 0 Å². The van der Waals surface area contributed by atoms with Crippen LogP contribution in [0.1, 0.15) is 33.5 Å². The summed E-state index contributed by atoms with van der Waals surface area (Å²) >= 11 is 0. The number of nitrogens with zero attached hydrogens (tertiary/aromatic N) is 2. The Kier molecular flexibility index (Phi) is 5.34. The maximum Gasteiger partial charge on any atom is 0.218 e. The van der Waals surface area contributed by atoms with E-state index in [-0.39, 0.29) is 5.54 Å². The van der Waals surface area contributed by atoms with Gasteiger partial charge in [-0.25, -0.2) is 4.98 Å². The van der Waals surface area contributed by atoms with Crippen molar-refractivity contribution in [2.24, 2.45) is 0 Å². The smallest absolute Gasteiger partial charge is 0.218 e. The van der Waals surface area contributed by atoms with Crippen LogP contribution in [0.15, 0.2) is 6.07 Å². The van der Waals surface area contributed by atoms with E-state index in [2.05, 4.69) is 36.1 Å². The van der Waals surface area contributed by atoms with Crippen LogP contribution in [0.2, 0.25) is 0 Å². The maximum atomic E-state index is 5.53. The molecule has 0 fully saturated rings. The first-order valence-corrected chi connectivity index (χ1v) is 6.22. The number of hydrogen-bond acceptors (Lipinski definition) is 5. The Bertz CT molecular complexity index is 375. The van der Waals surface area contributed by atoms with Gasteiger partial charge in [-0.2, -0.15) is 4.98 Å². The Hall–Kier alpha value is -1.36. The van der Waals surface area contributed by atoms with Crippen molar-refractivity contribution >= 4 is 5.82 Å². The number of rotatable bonds is 6. The van der Waals surface area contributed by atoms with E-state index in [1.165, 1.54) is 0 Å². The molecule has 18 heavy (non-hydrogen) atoms. The van der Waals surface area contributed by atoms with Crippen LogP contribution in [0.5, 0.6) is 5.88 Å². The molecule has 1 heterocycles. The molecule has 1 N–H and O–H groups in total. The zero-order chi connectivity index (χ0) is 13.6. The molecule has 0 aliphatic rings. The minimum absolute atomic E-state index is 0.0385. The van der Waals surface area contributed by atoms with Gasteiger partial charge in [0.05, 0.1) is 6.61 Å². The van der Waals surface area contributed by atoms with Crippen molar-refractivity contribution < 1.29 is 9.47 Å². The summed E-state index contributed by atoms with van der Waals surface area (Å²) in [5.74, 6) is 2.16. The van der Waals surface area contributed by atoms with Crippen molar-refractivity contribution in [2.45, 2.75) is 39.7 Å². The number of nitrogens with one attached hydrogen (secondary N) is 1. The van der Waals surface area contributed by atoms with Gasteiger partial charge < -0.3 is 14.8 Å². The molecule has 0 unspecified atom stereocenters. The summed E-state index contributed by atoms with van der Waals surface area (Å²) in [7, 11) is 1.65. The molecule has 0 radical (unpaired) electrons. The molecule has 0 atom stereocenters. The SMILES string of the molecule is CCc1nc(NC(C)(C)C)cc(OCCOC)n1. The van der Waals surface area contributed by atoms with E-state index in [4.69, 9.17) is 9.47 Å². The van der Waals surface area contributed by atoms with E-state index >= 15 is 0 Å². The molecule has 102 valence electrons. The molecule has 0 amide bonds. The Morgan fingerprint density at radius 3 is 2.50 bits per heavy atom. The molecule has 0 spiro atoms. The summed E-state index contributed by atoms with van der Waals surface area (Å²) in [5, 5.41) is 3.32. The Balaban J connectivity index is 2.80. The van der Waals surface area contributed by atoms with Crippen LogP contribution in [-0.4, -0.2) is 35.8 Å². The molecule has 5 nitrogen and oxygen atoms in total. The number of ether oxygens (including phenoxy) is 2. The fourth-order valence-corrected chi connectivity index (χ4v) is 1.38. The average Bonchev–Trinajstić information content (AvgIpc) is 2.26. The molecule has 0 aliphatic heterocycles. The Labute approximate surface area is 109 Å². The minimum Gasteiger partial charge on any atom is -0.475 e. The van der Waals surface area contributed by atoms with E-state index in [0.29, 0.717) is 19.1 Å². The van der Waals surface area contributed by atoms with Gasteiger partial charge >= 0.3 is 0 Å². The third kappa shape index (κ3) is 5.31. The molecular formula is C13H23N3O2. The van der Waals surface area contributed by atoms with Crippen LogP contribution >= 0.6 is 0 Å². The van der Waals surface area contributed by atoms with Gasteiger partial charge in [0.1, 0.15) is 18.2 Å². The number of anilines is 1. The highest BCUT2D eigenvalue weighted by atomic mass is 16.5. The van der Waals surface area contributed by atoms with Crippen LogP contribution in [0.3, 0.4) is 0 Å². The largest absolute Gasteiger partial charge is 0.475 e. The number of aryl methyl sites for hydroxylation is 1. The summed E-state index contributed by atoms with van der Waals surface area (Å²) in [6, 6.07) is 1.82. The summed E-state index contributed by atoms with van der Waals surface area (Å²) < 4.78 is 10.5. The van der Waals surface area contributed by atoms with Crippen molar-refractivity contribution in [3.05, 3.63) is 11.9 Å². The van der Waals surface area contributed by atoms with E-state index in [0.717, 1.165) is 18.1 Å². The van der Waals surface area contributed by atoms with Gasteiger partial charge in [0, 0.05) is 25.1 Å². The lowest BCUT2D eigenvalue weighted by Crippen LogP contribution is -2.27. The molecular weight excluding hydrogens is 230 g/mol. The van der Waals surface area contributed by atoms with Gasteiger partial charge in [-0.3, -0.25) is 0 Å². The highest BCUT2D eigenvalue weighted by Crippen LogP contribution is 2.17. The molecule has 0 aromatic carbocycles. The predicted octanol–water partition coefficient (Wildman–Crippen LogP) is 2.27. The molecule has 0 bridgehead atoms. The van der Waals surface area contributed by atoms with Gasteiger partial charge in [0.2, 0.25) is 5.88 Å². The van der Waals surface area contributed by atoms with Gasteiger partial charge in [-0.15, -0.1) is 0 Å². The highest BCUT2D eigenvalue weighted by molar-refractivity contribution is 5.40. The first-order valence-electron chi connectivity index (χ1n) is 6.22. The van der Waals surface area contributed by atoms with E-state index in [1.807, 2.05) is 13.0 Å². The van der Waals surface area contributed by atoms with Crippen molar-refractivity contribution in [3.8, 4) is 5.88 Å². The second-order valence-corrected chi connectivity index (χ2v) is 5.08. The predicted molar refractivity (Wildman–Crippen MR) is 72.2 cm³/mol. The van der Waals surface area contributed by atoms with Crippen LogP contribution in [0.4, 0.5) is 5.82 Å². The fraction of sp³-hybridized carbons (Fsp3) is 0.692. The lowest BCUT2D eigenvalue weighted by Gasteiger charge is -2.21. The molecule has 1 aromatic rings. The van der Waals surface area contributed by atoms with Crippen LogP contribution in [0, 0.1) is 0 Å². The quantitative estimate of drug-likeness (QED) is 0.788. The van der Waals surface area contributed by atoms with Gasteiger partial charge in [-0.05, 0) is 20.8 Å². The zero-order valence-corrected chi connectivity index (χ0v) is 11.9. The summed E-state index contributed by atoms with van der Waals surface area (Å²) in [4.78, 5) is 8.76. The maximum absolute atomic E-state index is 5.53. The molecule has 1 rings (SSSR count). The van der Waals surface area contributed by atoms with Crippen LogP contribution < -0.4 is 10.1 Å². The number of aromatic nitrogens is 2. The Morgan fingerprint density at radius 1 is 1.22 bits per heavy atom. The van der Waals surface area contributed by atoms with Crippen molar-refractivity contribution in [1.82, 2.24) is 9.97 Å². The summed E-state index contributed by atoms with van der Waals surface area (Å²) in [6.07, 6.45) is 0.778. The van der Waals surface area contributed by atoms with Gasteiger partial charge in [-0.1, -0.05) is 6.92 Å². The minimum atomic E-state index is -0.0385. The zero-order valence-electron chi connectivity index (χ0n) is 11.9. The lowest BCUT2D eigenvalue weighted by molar-refractivity contribution is 0.143. The summed E-state index contributed by atoms with van der Waals surface area (Å²) in [5.41, 5.74) is -0.0385. The van der Waals surface area contributed by atoms with Crippen LogP contribution in [-0.2, 0) is 11.2 Å². The first-order chi connectivity index (χ1) is 8.44. The number of hydrogen-bond donors (Lipinski definition) is 1. The molecule has 0 saturated carbocycles. The summed E-state index contributed by atoms with van der Waals surface area (Å²) in [6.45, 7) is 9.33. The third-order valence-corrected chi connectivity index (χ3v) is 2.11. The first kappa shape index (κ1) is 14.7. The fourth-order valence-electron chi connectivity index (χ4n) is 1.38. The van der Waals surface area contributed by atoms with Crippen molar-refractivity contribution in [3.63, 3.8) is 0 Å². The molecule has 1 aromatic heterocycles. The molecule has 0 saturated heterocycles. The third-order valence-electron chi connectivity index (χ3n) is 2.11. The van der Waals surface area contributed by atoms with Crippen molar-refractivity contribution in [1.29, 1.82) is 0 Å². The second-order valence-electron chi connectivity index (χ2n) is 5.08. The van der Waals surface area contributed by atoms with E-state index in [1.54, 1.807) is 7.11 Å². The molecule has 5 heteroatoms. The van der Waals surface area contributed by atoms with E-state index < -0.39 is 0 Å². The lowest BCUT2D eigenvalue weighted by atomic mass is 10.1. The topological polar surface area (TPSA) is 56.3 Å². The normalized spacial score (nSPS) is 11.4. The van der Waals surface area contributed by atoms with Crippen LogP contribution in [0.25, 0.3) is 0 Å². The standard InChI is InChI=1S/C13H23N3O2/c1-6-10-14-11(16-13(2,3)4)9-12(15-10)18-8-7-17-5/h9H,6-8H2,1-5H3,(H,14,15,16). The number of methoxy groups -OCH3 is 1. The molecule has 0 aliphatic carbocycles. The second kappa shape index (κ2) is 6.54. The van der Waals surface area contributed by atoms with Gasteiger partial charge in [0.25, 0.3) is 0 Å². The van der Waals surface area contributed by atoms with E-state index in [9.17, 15) is 0 Å². The highest BCUT2D eigenvalue weighted by Gasteiger charge is 2.12. The monoisotopic (exact) mass is 253 g/mol.